The normalized spacial score (nSPS) is 26.1. The summed E-state index contributed by atoms with van der Waals surface area (Å²) in [5.74, 6) is -4.69. The van der Waals surface area contributed by atoms with Crippen LogP contribution in [0.1, 0.15) is 25.7 Å². The molecule has 0 spiro atoms. The molecule has 1 aliphatic heterocycles. The molecule has 1 unspecified atom stereocenters. The van der Waals surface area contributed by atoms with Gasteiger partial charge in [0.25, 0.3) is 0 Å². The highest BCUT2D eigenvalue weighted by atomic mass is 19.1. The van der Waals surface area contributed by atoms with E-state index in [9.17, 15) is 23.2 Å². The number of amides is 2. The van der Waals surface area contributed by atoms with Crippen LogP contribution in [0.5, 0.6) is 0 Å². The lowest BCUT2D eigenvalue weighted by Crippen LogP contribution is -2.43. The Morgan fingerprint density at radius 2 is 2.00 bits per heavy atom. The molecule has 2 aliphatic rings. The van der Waals surface area contributed by atoms with Crippen LogP contribution in [0.4, 0.5) is 14.5 Å². The van der Waals surface area contributed by atoms with Gasteiger partial charge in [0, 0.05) is 25.1 Å². The molecule has 2 N–H and O–H groups in total. The molecule has 1 aromatic rings. The molecule has 1 aliphatic carbocycles. The number of halogens is 2. The van der Waals surface area contributed by atoms with E-state index in [-0.39, 0.29) is 18.7 Å². The summed E-state index contributed by atoms with van der Waals surface area (Å²) in [6.07, 6.45) is 1.72. The molecule has 25 heavy (non-hydrogen) atoms. The first-order chi connectivity index (χ1) is 11.9. The van der Waals surface area contributed by atoms with Gasteiger partial charge in [-0.15, -0.1) is 0 Å². The van der Waals surface area contributed by atoms with Crippen molar-refractivity contribution in [3.05, 3.63) is 29.8 Å². The molecular formula is C17H18F2N2O4. The summed E-state index contributed by atoms with van der Waals surface area (Å²) in [4.78, 5) is 36.8. The minimum absolute atomic E-state index is 0.0162. The Morgan fingerprint density at radius 1 is 1.24 bits per heavy atom. The Hall–Kier alpha value is -2.51. The Morgan fingerprint density at radius 3 is 2.68 bits per heavy atom. The van der Waals surface area contributed by atoms with Crippen LogP contribution in [0.2, 0.25) is 0 Å². The van der Waals surface area contributed by atoms with Gasteiger partial charge in [-0.2, -0.15) is 0 Å². The maximum Gasteiger partial charge on any atom is 0.308 e. The first kappa shape index (κ1) is 17.3. The van der Waals surface area contributed by atoms with Crippen molar-refractivity contribution >= 4 is 23.5 Å². The average molecular weight is 352 g/mol. The van der Waals surface area contributed by atoms with Gasteiger partial charge in [0.15, 0.2) is 0 Å². The van der Waals surface area contributed by atoms with Gasteiger partial charge in [0.2, 0.25) is 11.8 Å². The molecule has 8 heteroatoms. The Labute approximate surface area is 142 Å². The van der Waals surface area contributed by atoms with E-state index in [1.165, 1.54) is 6.07 Å². The third kappa shape index (κ3) is 3.47. The lowest BCUT2D eigenvalue weighted by atomic mass is 10.0. The van der Waals surface area contributed by atoms with Crippen molar-refractivity contribution in [2.75, 3.05) is 11.4 Å². The van der Waals surface area contributed by atoms with Crippen LogP contribution in [-0.2, 0) is 14.4 Å². The van der Waals surface area contributed by atoms with E-state index in [0.717, 1.165) is 17.4 Å². The largest absolute Gasteiger partial charge is 0.481 e. The van der Waals surface area contributed by atoms with Gasteiger partial charge in [0.05, 0.1) is 17.5 Å². The fourth-order valence-electron chi connectivity index (χ4n) is 3.55. The van der Waals surface area contributed by atoms with Gasteiger partial charge >= 0.3 is 5.97 Å². The molecule has 0 bridgehead atoms. The van der Waals surface area contributed by atoms with E-state index in [4.69, 9.17) is 5.11 Å². The third-order valence-corrected chi connectivity index (χ3v) is 4.86. The van der Waals surface area contributed by atoms with Crippen molar-refractivity contribution in [3.8, 4) is 0 Å². The molecule has 3 rings (SSSR count). The SMILES string of the molecule is O=C(N[C@H]1CCC[C@H]1C(=O)O)C1CC(=O)N(c2ccc(F)cc2F)C1. The summed E-state index contributed by atoms with van der Waals surface area (Å²) in [5, 5.41) is 11.9. The van der Waals surface area contributed by atoms with Crippen molar-refractivity contribution in [2.45, 2.75) is 31.7 Å². The van der Waals surface area contributed by atoms with E-state index < -0.39 is 47.3 Å². The topological polar surface area (TPSA) is 86.7 Å². The quantitative estimate of drug-likeness (QED) is 0.863. The minimum atomic E-state index is -0.944. The number of anilines is 1. The first-order valence-electron chi connectivity index (χ1n) is 8.15. The Balaban J connectivity index is 1.67. The second-order valence-corrected chi connectivity index (χ2v) is 6.49. The number of benzene rings is 1. The highest BCUT2D eigenvalue weighted by Crippen LogP contribution is 2.30. The highest BCUT2D eigenvalue weighted by molar-refractivity contribution is 6.00. The first-order valence-corrected chi connectivity index (χ1v) is 8.15. The van der Waals surface area contributed by atoms with Crippen molar-refractivity contribution in [2.24, 2.45) is 11.8 Å². The average Bonchev–Trinajstić information content (AvgIpc) is 3.14. The molecule has 0 aromatic heterocycles. The van der Waals surface area contributed by atoms with Crippen LogP contribution < -0.4 is 10.2 Å². The van der Waals surface area contributed by atoms with Crippen LogP contribution in [0, 0.1) is 23.5 Å². The van der Waals surface area contributed by atoms with E-state index in [1.807, 2.05) is 0 Å². The third-order valence-electron chi connectivity index (χ3n) is 4.86. The molecule has 1 saturated heterocycles. The summed E-state index contributed by atoms with van der Waals surface area (Å²) in [7, 11) is 0. The number of carboxylic acids is 1. The van der Waals surface area contributed by atoms with Gasteiger partial charge < -0.3 is 15.3 Å². The number of carbonyl (C=O) groups is 3. The van der Waals surface area contributed by atoms with Gasteiger partial charge in [-0.25, -0.2) is 8.78 Å². The van der Waals surface area contributed by atoms with Gasteiger partial charge in [-0.1, -0.05) is 6.42 Å². The predicted molar refractivity (Wildman–Crippen MR) is 83.7 cm³/mol. The lowest BCUT2D eigenvalue weighted by molar-refractivity contribution is -0.142. The number of hydrogen-bond acceptors (Lipinski definition) is 3. The van der Waals surface area contributed by atoms with Crippen molar-refractivity contribution < 1.29 is 28.3 Å². The summed E-state index contributed by atoms with van der Waals surface area (Å²) in [6, 6.07) is 2.46. The smallest absolute Gasteiger partial charge is 0.308 e. The second-order valence-electron chi connectivity index (χ2n) is 6.49. The Kier molecular flexibility index (Phi) is 4.69. The molecule has 6 nitrogen and oxygen atoms in total. The van der Waals surface area contributed by atoms with E-state index in [0.29, 0.717) is 18.9 Å². The van der Waals surface area contributed by atoms with Gasteiger partial charge in [-0.05, 0) is 25.0 Å². The maximum atomic E-state index is 13.9. The van der Waals surface area contributed by atoms with E-state index in [1.54, 1.807) is 0 Å². The molecule has 1 saturated carbocycles. The number of nitrogens with zero attached hydrogens (tertiary/aromatic N) is 1. The predicted octanol–water partition coefficient (Wildman–Crippen LogP) is 1.69. The number of carbonyl (C=O) groups excluding carboxylic acids is 2. The van der Waals surface area contributed by atoms with Crippen LogP contribution in [0.25, 0.3) is 0 Å². The van der Waals surface area contributed by atoms with Crippen LogP contribution in [0.15, 0.2) is 18.2 Å². The number of rotatable bonds is 4. The Bertz CT molecular complexity index is 725. The van der Waals surface area contributed by atoms with E-state index >= 15 is 0 Å². The molecule has 134 valence electrons. The summed E-state index contributed by atoms with van der Waals surface area (Å²) in [6.45, 7) is -0.0162. The maximum absolute atomic E-state index is 13.9. The fraction of sp³-hybridized carbons (Fsp3) is 0.471. The zero-order valence-electron chi connectivity index (χ0n) is 13.4. The van der Waals surface area contributed by atoms with Crippen LogP contribution in [0.3, 0.4) is 0 Å². The second kappa shape index (κ2) is 6.78. The van der Waals surface area contributed by atoms with Crippen molar-refractivity contribution in [1.82, 2.24) is 5.32 Å². The zero-order chi connectivity index (χ0) is 18.1. The van der Waals surface area contributed by atoms with Gasteiger partial charge in [0.1, 0.15) is 11.6 Å². The molecule has 1 aromatic carbocycles. The van der Waals surface area contributed by atoms with Crippen molar-refractivity contribution in [3.63, 3.8) is 0 Å². The molecule has 2 amide bonds. The molecular weight excluding hydrogens is 334 g/mol. The standard InChI is InChI=1S/C17H18F2N2O4/c18-10-4-5-14(12(19)7-10)21-8-9(6-15(21)22)16(23)20-13-3-1-2-11(13)17(24)25/h4-5,7,9,11,13H,1-3,6,8H2,(H,20,23)(H,24,25)/t9?,11-,13+/m1/s1. The van der Waals surface area contributed by atoms with Gasteiger partial charge in [-0.3, -0.25) is 14.4 Å². The van der Waals surface area contributed by atoms with E-state index in [2.05, 4.69) is 5.32 Å². The molecule has 2 fully saturated rings. The summed E-state index contributed by atoms with van der Waals surface area (Å²) >= 11 is 0. The lowest BCUT2D eigenvalue weighted by Gasteiger charge is -2.20. The number of nitrogens with one attached hydrogen (secondary N) is 1. The summed E-state index contributed by atoms with van der Waals surface area (Å²) < 4.78 is 26.9. The minimum Gasteiger partial charge on any atom is -0.481 e. The fourth-order valence-corrected chi connectivity index (χ4v) is 3.55. The van der Waals surface area contributed by atoms with Crippen LogP contribution in [-0.4, -0.2) is 35.5 Å². The van der Waals surface area contributed by atoms with Crippen molar-refractivity contribution in [1.29, 1.82) is 0 Å². The molecule has 3 atom stereocenters. The number of aliphatic carboxylic acids is 1. The number of carboxylic acid groups (broad SMARTS) is 1. The zero-order valence-corrected chi connectivity index (χ0v) is 13.4. The number of hydrogen-bond donors (Lipinski definition) is 2. The highest BCUT2D eigenvalue weighted by Gasteiger charge is 2.39. The monoisotopic (exact) mass is 352 g/mol. The summed E-state index contributed by atoms with van der Waals surface area (Å²) in [5.41, 5.74) is -0.0639. The molecule has 1 heterocycles. The van der Waals surface area contributed by atoms with Crippen LogP contribution >= 0.6 is 0 Å². The molecule has 0 radical (unpaired) electrons.